The van der Waals surface area contributed by atoms with Gasteiger partial charge in [0.2, 0.25) is 11.8 Å². The SMILES string of the molecule is COc1cc(-c2oc3ccc(C(C[C@H](C)CCC(N)=O)C(N)=O)cc3c2SC)ccc1O. The Labute approximate surface area is 191 Å². The van der Waals surface area contributed by atoms with E-state index >= 15 is 0 Å². The van der Waals surface area contributed by atoms with Gasteiger partial charge in [-0.1, -0.05) is 13.0 Å². The average molecular weight is 457 g/mol. The van der Waals surface area contributed by atoms with Crippen LogP contribution in [-0.4, -0.2) is 30.3 Å². The van der Waals surface area contributed by atoms with Crippen molar-refractivity contribution in [3.63, 3.8) is 0 Å². The number of ether oxygens (including phenoxy) is 1. The van der Waals surface area contributed by atoms with E-state index in [1.54, 1.807) is 18.2 Å². The molecule has 0 spiro atoms. The van der Waals surface area contributed by atoms with Gasteiger partial charge in [-0.05, 0) is 60.9 Å². The van der Waals surface area contributed by atoms with E-state index in [0.717, 1.165) is 21.4 Å². The molecule has 32 heavy (non-hydrogen) atoms. The van der Waals surface area contributed by atoms with Gasteiger partial charge in [-0.2, -0.15) is 0 Å². The number of methoxy groups -OCH3 is 1. The summed E-state index contributed by atoms with van der Waals surface area (Å²) < 4.78 is 11.4. The number of carbonyl (C=O) groups is 2. The van der Waals surface area contributed by atoms with Gasteiger partial charge in [0.25, 0.3) is 0 Å². The number of nitrogens with two attached hydrogens (primary N) is 2. The van der Waals surface area contributed by atoms with Crippen molar-refractivity contribution in [2.24, 2.45) is 17.4 Å². The number of carbonyl (C=O) groups excluding carboxylic acids is 2. The maximum Gasteiger partial charge on any atom is 0.224 e. The van der Waals surface area contributed by atoms with Crippen LogP contribution in [0.4, 0.5) is 0 Å². The van der Waals surface area contributed by atoms with E-state index in [0.29, 0.717) is 29.9 Å². The van der Waals surface area contributed by atoms with Crippen molar-refractivity contribution in [2.75, 3.05) is 13.4 Å². The molecule has 0 radical (unpaired) electrons. The Morgan fingerprint density at radius 2 is 1.94 bits per heavy atom. The summed E-state index contributed by atoms with van der Waals surface area (Å²) in [6.07, 6.45) is 3.37. The van der Waals surface area contributed by atoms with Crippen LogP contribution in [0, 0.1) is 5.92 Å². The Bertz CT molecular complexity index is 1140. The number of hydrogen-bond acceptors (Lipinski definition) is 6. The number of phenols is 1. The largest absolute Gasteiger partial charge is 0.504 e. The maximum atomic E-state index is 12.3. The maximum absolute atomic E-state index is 12.3. The molecule has 0 aliphatic carbocycles. The Morgan fingerprint density at radius 1 is 1.19 bits per heavy atom. The predicted octanol–water partition coefficient (Wildman–Crippen LogP) is 4.40. The highest BCUT2D eigenvalue weighted by Crippen LogP contribution is 2.42. The number of hydrogen-bond donors (Lipinski definition) is 3. The lowest BCUT2D eigenvalue weighted by molar-refractivity contribution is -0.119. The van der Waals surface area contributed by atoms with E-state index in [2.05, 4.69) is 0 Å². The second-order valence-corrected chi connectivity index (χ2v) is 8.72. The molecule has 0 aliphatic heterocycles. The van der Waals surface area contributed by atoms with E-state index in [9.17, 15) is 14.7 Å². The highest BCUT2D eigenvalue weighted by atomic mass is 32.2. The minimum atomic E-state index is -0.482. The van der Waals surface area contributed by atoms with Gasteiger partial charge in [0.05, 0.1) is 17.9 Å². The minimum absolute atomic E-state index is 0.0510. The fourth-order valence-corrected chi connectivity index (χ4v) is 4.57. The van der Waals surface area contributed by atoms with Crippen LogP contribution in [0.2, 0.25) is 0 Å². The first-order valence-electron chi connectivity index (χ1n) is 10.3. The number of primary amides is 2. The number of amides is 2. The second-order valence-electron chi connectivity index (χ2n) is 7.91. The number of furan rings is 1. The summed E-state index contributed by atoms with van der Waals surface area (Å²) in [6.45, 7) is 1.99. The number of rotatable bonds is 10. The first-order chi connectivity index (χ1) is 15.2. The van der Waals surface area contributed by atoms with Crippen LogP contribution in [-0.2, 0) is 9.59 Å². The first-order valence-corrected chi connectivity index (χ1v) is 11.5. The van der Waals surface area contributed by atoms with Gasteiger partial charge < -0.3 is 25.7 Å². The zero-order chi connectivity index (χ0) is 23.4. The van der Waals surface area contributed by atoms with Crippen molar-refractivity contribution in [3.8, 4) is 22.8 Å². The van der Waals surface area contributed by atoms with Gasteiger partial charge in [-0.15, -0.1) is 11.8 Å². The number of fused-ring (bicyclic) bond motifs is 1. The standard InChI is InChI=1S/C24H28N2O5S/c1-13(4-9-21(25)28)10-16(24(26)29)14-6-8-19-17(11-14)23(32-3)22(31-19)15-5-7-18(27)20(12-15)30-2/h5-8,11-13,16,27H,4,9-10H2,1-3H3,(H2,25,28)(H2,26,29)/t13-,16?/m1/s1. The van der Waals surface area contributed by atoms with Gasteiger partial charge in [0.1, 0.15) is 11.3 Å². The molecule has 3 aromatic rings. The van der Waals surface area contributed by atoms with Crippen molar-refractivity contribution in [1.82, 2.24) is 0 Å². The highest BCUT2D eigenvalue weighted by Gasteiger charge is 2.24. The minimum Gasteiger partial charge on any atom is -0.504 e. The van der Waals surface area contributed by atoms with Crippen LogP contribution in [0.15, 0.2) is 45.7 Å². The Morgan fingerprint density at radius 3 is 2.56 bits per heavy atom. The van der Waals surface area contributed by atoms with Gasteiger partial charge in [0.15, 0.2) is 11.5 Å². The third-order valence-corrected chi connectivity index (χ3v) is 6.39. The molecule has 0 saturated carbocycles. The molecule has 2 amide bonds. The van der Waals surface area contributed by atoms with E-state index in [1.165, 1.54) is 18.9 Å². The Hall–Kier alpha value is -3.13. The molecular formula is C24H28N2O5S. The van der Waals surface area contributed by atoms with Gasteiger partial charge >= 0.3 is 0 Å². The lowest BCUT2D eigenvalue weighted by Gasteiger charge is -2.18. The zero-order valence-electron chi connectivity index (χ0n) is 18.4. The fraction of sp³-hybridized carbons (Fsp3) is 0.333. The quantitative estimate of drug-likeness (QED) is 0.388. The third kappa shape index (κ3) is 5.02. The summed E-state index contributed by atoms with van der Waals surface area (Å²) in [5.41, 5.74) is 13.2. The zero-order valence-corrected chi connectivity index (χ0v) is 19.2. The van der Waals surface area contributed by atoms with Gasteiger partial charge in [-0.25, -0.2) is 0 Å². The molecule has 2 aromatic carbocycles. The van der Waals surface area contributed by atoms with Crippen LogP contribution in [0.3, 0.4) is 0 Å². The summed E-state index contributed by atoms with van der Waals surface area (Å²) in [7, 11) is 1.49. The summed E-state index contributed by atoms with van der Waals surface area (Å²) >= 11 is 1.53. The third-order valence-electron chi connectivity index (χ3n) is 5.58. The summed E-state index contributed by atoms with van der Waals surface area (Å²) in [5, 5.41) is 10.8. The van der Waals surface area contributed by atoms with Crippen LogP contribution < -0.4 is 16.2 Å². The summed E-state index contributed by atoms with van der Waals surface area (Å²) in [5.74, 6) is -0.0645. The van der Waals surface area contributed by atoms with E-state index < -0.39 is 11.8 Å². The molecule has 0 aliphatic rings. The second kappa shape index (κ2) is 9.99. The molecule has 2 atom stereocenters. The molecule has 0 bridgehead atoms. The van der Waals surface area contributed by atoms with Crippen LogP contribution in [0.5, 0.6) is 11.5 Å². The molecule has 170 valence electrons. The van der Waals surface area contributed by atoms with Crippen molar-refractivity contribution < 1.29 is 23.8 Å². The Kier molecular flexibility index (Phi) is 7.35. The lowest BCUT2D eigenvalue weighted by atomic mass is 9.86. The van der Waals surface area contributed by atoms with Crippen molar-refractivity contribution in [2.45, 2.75) is 37.0 Å². The molecule has 7 nitrogen and oxygen atoms in total. The van der Waals surface area contributed by atoms with E-state index in [1.807, 2.05) is 31.4 Å². The topological polar surface area (TPSA) is 129 Å². The lowest BCUT2D eigenvalue weighted by Crippen LogP contribution is -2.23. The number of aromatic hydroxyl groups is 1. The summed E-state index contributed by atoms with van der Waals surface area (Å²) in [6, 6.07) is 10.7. The number of thioether (sulfide) groups is 1. The molecule has 0 fully saturated rings. The van der Waals surface area contributed by atoms with E-state index in [4.69, 9.17) is 20.6 Å². The molecule has 1 unspecified atom stereocenters. The number of benzene rings is 2. The smallest absolute Gasteiger partial charge is 0.224 e. The first kappa shape index (κ1) is 23.5. The molecule has 0 saturated heterocycles. The van der Waals surface area contributed by atoms with Crippen molar-refractivity contribution >= 4 is 34.5 Å². The van der Waals surface area contributed by atoms with Crippen LogP contribution in [0.1, 0.15) is 37.7 Å². The normalized spacial score (nSPS) is 13.1. The van der Waals surface area contributed by atoms with Crippen LogP contribution >= 0.6 is 11.8 Å². The van der Waals surface area contributed by atoms with Gasteiger partial charge in [0, 0.05) is 17.4 Å². The van der Waals surface area contributed by atoms with Crippen LogP contribution in [0.25, 0.3) is 22.3 Å². The van der Waals surface area contributed by atoms with Gasteiger partial charge in [-0.3, -0.25) is 9.59 Å². The Balaban J connectivity index is 2.00. The molecule has 5 N–H and O–H groups in total. The molecule has 8 heteroatoms. The summed E-state index contributed by atoms with van der Waals surface area (Å²) in [4.78, 5) is 24.3. The predicted molar refractivity (Wildman–Crippen MR) is 126 cm³/mol. The fourth-order valence-electron chi connectivity index (χ4n) is 3.85. The molecule has 3 rings (SSSR count). The monoisotopic (exact) mass is 456 g/mol. The van der Waals surface area contributed by atoms with E-state index in [-0.39, 0.29) is 24.0 Å². The average Bonchev–Trinajstić information content (AvgIpc) is 3.13. The molecular weight excluding hydrogens is 428 g/mol. The molecule has 1 aromatic heterocycles. The van der Waals surface area contributed by atoms with Crippen molar-refractivity contribution in [3.05, 3.63) is 42.0 Å². The number of phenolic OH excluding ortho intramolecular Hbond substituents is 1. The van der Waals surface area contributed by atoms with Crippen molar-refractivity contribution in [1.29, 1.82) is 0 Å². The molecule has 1 heterocycles. The highest BCUT2D eigenvalue weighted by molar-refractivity contribution is 7.99.